The van der Waals surface area contributed by atoms with Crippen LogP contribution < -0.4 is 5.32 Å². The molecule has 2 heterocycles. The number of nitriles is 1. The smallest absolute Gasteiger partial charge is 0.225 e. The van der Waals surface area contributed by atoms with E-state index in [0.717, 1.165) is 24.9 Å². The van der Waals surface area contributed by atoms with Crippen molar-refractivity contribution >= 4 is 29.0 Å². The molecule has 0 aliphatic carbocycles. The Kier molecular flexibility index (Phi) is 3.47. The summed E-state index contributed by atoms with van der Waals surface area (Å²) in [4.78, 5) is 8.05. The average molecular weight is 257 g/mol. The standard InChI is InChI=1S/C10H10Cl2N4/c11-8-7-6(2-1-4-13)3-5-14-9(7)16-10(12)15-8/h6H,1-3,5H2,(H,14,15,16). The van der Waals surface area contributed by atoms with Crippen molar-refractivity contribution in [1.29, 1.82) is 5.26 Å². The lowest BCUT2D eigenvalue weighted by Crippen LogP contribution is -2.19. The number of nitrogens with zero attached hydrogens (tertiary/aromatic N) is 3. The zero-order valence-electron chi connectivity index (χ0n) is 8.50. The summed E-state index contributed by atoms with van der Waals surface area (Å²) < 4.78 is 0. The van der Waals surface area contributed by atoms with Crippen molar-refractivity contribution in [1.82, 2.24) is 9.97 Å². The number of aromatic nitrogens is 2. The zero-order chi connectivity index (χ0) is 11.5. The number of halogens is 2. The van der Waals surface area contributed by atoms with E-state index in [1.54, 1.807) is 0 Å². The van der Waals surface area contributed by atoms with Crippen LogP contribution in [0.4, 0.5) is 5.82 Å². The third-order valence-corrected chi connectivity index (χ3v) is 3.13. The molecule has 16 heavy (non-hydrogen) atoms. The lowest BCUT2D eigenvalue weighted by atomic mass is 9.90. The minimum atomic E-state index is 0.150. The molecule has 0 radical (unpaired) electrons. The van der Waals surface area contributed by atoms with Crippen molar-refractivity contribution < 1.29 is 0 Å². The van der Waals surface area contributed by atoms with Gasteiger partial charge in [0.2, 0.25) is 5.28 Å². The molecule has 6 heteroatoms. The van der Waals surface area contributed by atoms with E-state index in [1.165, 1.54) is 0 Å². The van der Waals surface area contributed by atoms with Crippen LogP contribution in [0, 0.1) is 11.3 Å². The fourth-order valence-corrected chi connectivity index (χ4v) is 2.49. The highest BCUT2D eigenvalue weighted by Crippen LogP contribution is 2.37. The molecule has 0 spiro atoms. The van der Waals surface area contributed by atoms with Crippen molar-refractivity contribution in [2.24, 2.45) is 0 Å². The highest BCUT2D eigenvalue weighted by molar-refractivity contribution is 6.32. The lowest BCUT2D eigenvalue weighted by Gasteiger charge is -2.25. The van der Waals surface area contributed by atoms with Crippen LogP contribution in [0.3, 0.4) is 0 Å². The normalized spacial score (nSPS) is 18.4. The summed E-state index contributed by atoms with van der Waals surface area (Å²) in [6.07, 6.45) is 2.25. The molecule has 1 aromatic rings. The highest BCUT2D eigenvalue weighted by atomic mass is 35.5. The first-order valence-electron chi connectivity index (χ1n) is 5.06. The summed E-state index contributed by atoms with van der Waals surface area (Å²) >= 11 is 11.8. The molecule has 0 aromatic carbocycles. The Labute approximate surface area is 104 Å². The fourth-order valence-electron chi connectivity index (χ4n) is 1.95. The lowest BCUT2D eigenvalue weighted by molar-refractivity contribution is 0.581. The Morgan fingerprint density at radius 1 is 1.44 bits per heavy atom. The highest BCUT2D eigenvalue weighted by Gasteiger charge is 2.25. The van der Waals surface area contributed by atoms with E-state index in [1.807, 2.05) is 0 Å². The van der Waals surface area contributed by atoms with Crippen LogP contribution in [0.1, 0.15) is 30.7 Å². The summed E-state index contributed by atoms with van der Waals surface area (Å²) in [7, 11) is 0. The maximum atomic E-state index is 8.61. The molecule has 0 bridgehead atoms. The zero-order valence-corrected chi connectivity index (χ0v) is 10.0. The SMILES string of the molecule is N#CCCC1CCNc2nc(Cl)nc(Cl)c21. The van der Waals surface area contributed by atoms with Crippen LogP contribution in [0.5, 0.6) is 0 Å². The average Bonchev–Trinajstić information content (AvgIpc) is 2.25. The van der Waals surface area contributed by atoms with Gasteiger partial charge in [0.1, 0.15) is 11.0 Å². The molecule has 2 rings (SSSR count). The Morgan fingerprint density at radius 2 is 2.25 bits per heavy atom. The van der Waals surface area contributed by atoms with Crippen LogP contribution in [-0.2, 0) is 0 Å². The largest absolute Gasteiger partial charge is 0.370 e. The summed E-state index contributed by atoms with van der Waals surface area (Å²) in [6, 6.07) is 2.15. The third-order valence-electron chi connectivity index (χ3n) is 2.67. The van der Waals surface area contributed by atoms with Crippen molar-refractivity contribution in [3.8, 4) is 6.07 Å². The van der Waals surface area contributed by atoms with Gasteiger partial charge in [0, 0.05) is 18.5 Å². The quantitative estimate of drug-likeness (QED) is 0.653. The van der Waals surface area contributed by atoms with Gasteiger partial charge < -0.3 is 5.32 Å². The molecule has 1 unspecified atom stereocenters. The molecule has 0 saturated heterocycles. The predicted molar refractivity (Wildman–Crippen MR) is 62.7 cm³/mol. The van der Waals surface area contributed by atoms with E-state index in [2.05, 4.69) is 21.4 Å². The van der Waals surface area contributed by atoms with Gasteiger partial charge in [-0.15, -0.1) is 0 Å². The topological polar surface area (TPSA) is 61.6 Å². The first kappa shape index (κ1) is 11.4. The van der Waals surface area contributed by atoms with Gasteiger partial charge in [-0.1, -0.05) is 11.6 Å². The summed E-state index contributed by atoms with van der Waals surface area (Å²) in [5.41, 5.74) is 0.896. The van der Waals surface area contributed by atoms with E-state index in [0.29, 0.717) is 17.4 Å². The van der Waals surface area contributed by atoms with Crippen molar-refractivity contribution in [3.05, 3.63) is 16.0 Å². The second-order valence-corrected chi connectivity index (χ2v) is 4.35. The maximum Gasteiger partial charge on any atom is 0.225 e. The second kappa shape index (κ2) is 4.86. The van der Waals surface area contributed by atoms with Crippen LogP contribution >= 0.6 is 23.2 Å². The number of fused-ring (bicyclic) bond motifs is 1. The summed E-state index contributed by atoms with van der Waals surface area (Å²) in [5.74, 6) is 0.958. The molecule has 1 atom stereocenters. The van der Waals surface area contributed by atoms with E-state index in [9.17, 15) is 0 Å². The van der Waals surface area contributed by atoms with Crippen LogP contribution in [0.25, 0.3) is 0 Å². The first-order chi connectivity index (χ1) is 7.72. The molecule has 1 aliphatic heterocycles. The van der Waals surface area contributed by atoms with Crippen molar-refractivity contribution in [2.45, 2.75) is 25.2 Å². The van der Waals surface area contributed by atoms with Gasteiger partial charge in [0.25, 0.3) is 0 Å². The van der Waals surface area contributed by atoms with E-state index < -0.39 is 0 Å². The number of anilines is 1. The molecule has 0 amide bonds. The molecule has 0 saturated carbocycles. The van der Waals surface area contributed by atoms with E-state index in [4.69, 9.17) is 28.5 Å². The number of rotatable bonds is 2. The van der Waals surface area contributed by atoms with Crippen LogP contribution in [0.15, 0.2) is 0 Å². The van der Waals surface area contributed by atoms with Crippen molar-refractivity contribution in [2.75, 3.05) is 11.9 Å². The fraction of sp³-hybridized carbons (Fsp3) is 0.500. The monoisotopic (exact) mass is 256 g/mol. The molecular weight excluding hydrogens is 247 g/mol. The van der Waals surface area contributed by atoms with Crippen LogP contribution in [0.2, 0.25) is 10.4 Å². The van der Waals surface area contributed by atoms with E-state index >= 15 is 0 Å². The maximum absolute atomic E-state index is 8.61. The predicted octanol–water partition coefficient (Wildman–Crippen LogP) is 2.99. The van der Waals surface area contributed by atoms with Gasteiger partial charge in [-0.2, -0.15) is 5.26 Å². The van der Waals surface area contributed by atoms with Gasteiger partial charge in [-0.05, 0) is 30.4 Å². The number of nitrogens with one attached hydrogen (secondary N) is 1. The number of hydrogen-bond acceptors (Lipinski definition) is 4. The molecule has 1 aliphatic rings. The molecule has 0 fully saturated rings. The van der Waals surface area contributed by atoms with E-state index in [-0.39, 0.29) is 11.2 Å². The van der Waals surface area contributed by atoms with Gasteiger partial charge >= 0.3 is 0 Å². The Balaban J connectivity index is 2.34. The minimum absolute atomic E-state index is 0.150. The molecule has 84 valence electrons. The van der Waals surface area contributed by atoms with Gasteiger partial charge in [0.05, 0.1) is 6.07 Å². The molecule has 1 N–H and O–H groups in total. The number of hydrogen-bond donors (Lipinski definition) is 1. The Hall–Kier alpha value is -1.05. The first-order valence-corrected chi connectivity index (χ1v) is 5.81. The second-order valence-electron chi connectivity index (χ2n) is 3.65. The molecular formula is C10H10Cl2N4. The summed E-state index contributed by atoms with van der Waals surface area (Å²) in [5, 5.41) is 12.3. The summed E-state index contributed by atoms with van der Waals surface area (Å²) in [6.45, 7) is 0.826. The van der Waals surface area contributed by atoms with Gasteiger partial charge in [-0.3, -0.25) is 0 Å². The molecule has 4 nitrogen and oxygen atoms in total. The Morgan fingerprint density at radius 3 is 3.00 bits per heavy atom. The van der Waals surface area contributed by atoms with Gasteiger partial charge in [-0.25, -0.2) is 9.97 Å². The van der Waals surface area contributed by atoms with Crippen LogP contribution in [-0.4, -0.2) is 16.5 Å². The third kappa shape index (κ3) is 2.21. The molecule has 1 aromatic heterocycles. The van der Waals surface area contributed by atoms with Crippen molar-refractivity contribution in [3.63, 3.8) is 0 Å². The van der Waals surface area contributed by atoms with Gasteiger partial charge in [0.15, 0.2) is 0 Å². The Bertz CT molecular complexity index is 441. The minimum Gasteiger partial charge on any atom is -0.370 e.